The van der Waals surface area contributed by atoms with Crippen LogP contribution in [0, 0.1) is 0 Å². The maximum atomic E-state index is 5.65. The monoisotopic (exact) mass is 744 g/mol. The summed E-state index contributed by atoms with van der Waals surface area (Å²) in [6.45, 7) is 0. The second-order valence-corrected chi connectivity index (χ2v) is 15.8. The van der Waals surface area contributed by atoms with Crippen LogP contribution in [0.4, 0.5) is 0 Å². The van der Waals surface area contributed by atoms with E-state index in [2.05, 4.69) is 193 Å². The van der Waals surface area contributed by atoms with E-state index < -0.39 is 5.41 Å². The lowest BCUT2D eigenvalue weighted by atomic mass is 9.71. The first kappa shape index (κ1) is 32.1. The molecule has 0 fully saturated rings. The molecule has 0 saturated carbocycles. The number of fused-ring (bicyclic) bond motifs is 9. The number of benzene rings is 8. The van der Waals surface area contributed by atoms with Crippen LogP contribution in [-0.2, 0) is 5.41 Å². The van der Waals surface area contributed by atoms with E-state index in [1.807, 2.05) is 6.07 Å². The first-order valence-electron chi connectivity index (χ1n) is 19.3. The highest BCUT2D eigenvalue weighted by atomic mass is 32.1. The summed E-state index contributed by atoms with van der Waals surface area (Å²) in [5, 5.41) is 4.84. The van der Waals surface area contributed by atoms with Crippen molar-refractivity contribution in [2.24, 2.45) is 0 Å². The molecule has 57 heavy (non-hydrogen) atoms. The van der Waals surface area contributed by atoms with Crippen molar-refractivity contribution < 1.29 is 0 Å². The molecule has 1 aliphatic rings. The van der Waals surface area contributed by atoms with Crippen LogP contribution in [0.25, 0.3) is 81.6 Å². The van der Waals surface area contributed by atoms with Gasteiger partial charge in [0.05, 0.1) is 11.0 Å². The smallest absolute Gasteiger partial charge is 0.165 e. The Bertz CT molecular complexity index is 3320. The van der Waals surface area contributed by atoms with E-state index in [9.17, 15) is 0 Å². The van der Waals surface area contributed by atoms with Crippen molar-refractivity contribution in [1.82, 2.24) is 19.5 Å². The van der Waals surface area contributed by atoms with E-state index in [1.54, 1.807) is 11.3 Å². The highest BCUT2D eigenvalue weighted by Gasteiger charge is 2.49. The summed E-state index contributed by atoms with van der Waals surface area (Å²) in [7, 11) is 0. The summed E-state index contributed by atoms with van der Waals surface area (Å²) < 4.78 is 4.79. The predicted octanol–water partition coefficient (Wildman–Crippen LogP) is 13.0. The van der Waals surface area contributed by atoms with Crippen LogP contribution < -0.4 is 0 Å². The minimum Gasteiger partial charge on any atom is -0.309 e. The molecule has 3 aromatic heterocycles. The number of para-hydroxylation sites is 2. The normalized spacial score (nSPS) is 13.1. The fourth-order valence-corrected chi connectivity index (χ4v) is 10.5. The molecule has 0 unspecified atom stereocenters. The van der Waals surface area contributed by atoms with E-state index in [1.165, 1.54) is 47.6 Å². The quantitative estimate of drug-likeness (QED) is 0.176. The van der Waals surface area contributed by atoms with Gasteiger partial charge in [0.15, 0.2) is 17.5 Å². The molecule has 0 radical (unpaired) electrons. The van der Waals surface area contributed by atoms with Gasteiger partial charge >= 0.3 is 0 Å². The topological polar surface area (TPSA) is 43.6 Å². The largest absolute Gasteiger partial charge is 0.309 e. The van der Waals surface area contributed by atoms with Gasteiger partial charge in [-0.25, -0.2) is 15.0 Å². The minimum atomic E-state index is -0.855. The summed E-state index contributed by atoms with van der Waals surface area (Å²) in [5.41, 5.74) is 10.4. The van der Waals surface area contributed by atoms with Crippen LogP contribution >= 0.6 is 11.3 Å². The van der Waals surface area contributed by atoms with E-state index >= 15 is 0 Å². The van der Waals surface area contributed by atoms with Gasteiger partial charge in [-0.3, -0.25) is 0 Å². The molecule has 0 spiro atoms. The highest BCUT2D eigenvalue weighted by molar-refractivity contribution is 7.26. The van der Waals surface area contributed by atoms with Crippen molar-refractivity contribution in [1.29, 1.82) is 0 Å². The fraction of sp³-hybridized carbons (Fsp3) is 0.0192. The Balaban J connectivity index is 1.21. The number of rotatable bonds is 5. The van der Waals surface area contributed by atoms with Gasteiger partial charge in [-0.2, -0.15) is 0 Å². The number of nitrogens with zero attached hydrogens (tertiary/aromatic N) is 4. The zero-order chi connectivity index (χ0) is 37.5. The third-order valence-corrected chi connectivity index (χ3v) is 12.9. The molecule has 0 N–H and O–H groups in total. The molecule has 11 aromatic rings. The van der Waals surface area contributed by atoms with Crippen LogP contribution in [0.5, 0.6) is 0 Å². The first-order valence-corrected chi connectivity index (χ1v) is 20.1. The van der Waals surface area contributed by atoms with E-state index in [4.69, 9.17) is 15.0 Å². The van der Waals surface area contributed by atoms with E-state index in [0.717, 1.165) is 39.0 Å². The second kappa shape index (κ2) is 12.4. The molecule has 0 atom stereocenters. The molecule has 8 aromatic carbocycles. The van der Waals surface area contributed by atoms with E-state index in [-0.39, 0.29) is 0 Å². The molecule has 0 bridgehead atoms. The van der Waals surface area contributed by atoms with Crippen LogP contribution in [0.3, 0.4) is 0 Å². The Morgan fingerprint density at radius 1 is 0.421 bits per heavy atom. The van der Waals surface area contributed by atoms with Crippen molar-refractivity contribution in [3.8, 4) is 39.6 Å². The van der Waals surface area contributed by atoms with Gasteiger partial charge < -0.3 is 4.57 Å². The lowest BCUT2D eigenvalue weighted by Gasteiger charge is -2.32. The Labute approximate surface area is 333 Å². The van der Waals surface area contributed by atoms with Crippen LogP contribution in [0.1, 0.15) is 22.5 Å². The summed E-state index contributed by atoms with van der Waals surface area (Å²) in [4.78, 5) is 16.5. The summed E-state index contributed by atoms with van der Waals surface area (Å²) in [5.74, 6) is 2.02. The van der Waals surface area contributed by atoms with E-state index in [0.29, 0.717) is 17.5 Å². The molecule has 266 valence electrons. The SMILES string of the molecule is c1ccc(-c2nc(-c3cccc4c3sc3ccccc34)nc(C3(c4ccc5c(c4)c4ccccc4n5-c4ccccc4)c4ccccc4-c4ccccc43)n2)cc1. The summed E-state index contributed by atoms with van der Waals surface area (Å²) in [6, 6.07) is 69.4. The van der Waals surface area contributed by atoms with Gasteiger partial charge in [-0.15, -0.1) is 11.3 Å². The average Bonchev–Trinajstić information content (AvgIpc) is 3.93. The molecular formula is C52H32N4S. The minimum absolute atomic E-state index is 0.650. The van der Waals surface area contributed by atoms with Crippen molar-refractivity contribution in [2.75, 3.05) is 0 Å². The summed E-state index contributed by atoms with van der Waals surface area (Å²) in [6.07, 6.45) is 0. The number of hydrogen-bond donors (Lipinski definition) is 0. The van der Waals surface area contributed by atoms with Gasteiger partial charge in [-0.05, 0) is 70.3 Å². The molecule has 5 heteroatoms. The molecular weight excluding hydrogens is 713 g/mol. The Kier molecular flexibility index (Phi) is 6.98. The molecule has 0 aliphatic heterocycles. The van der Waals surface area contributed by atoms with Crippen LogP contribution in [0.2, 0.25) is 0 Å². The van der Waals surface area contributed by atoms with Gasteiger partial charge in [0.1, 0.15) is 5.41 Å². The molecule has 0 saturated heterocycles. The zero-order valence-electron chi connectivity index (χ0n) is 30.7. The van der Waals surface area contributed by atoms with Crippen molar-refractivity contribution in [2.45, 2.75) is 5.41 Å². The van der Waals surface area contributed by atoms with Gasteiger partial charge in [0.2, 0.25) is 0 Å². The Morgan fingerprint density at radius 2 is 1.02 bits per heavy atom. The Morgan fingerprint density at radius 3 is 1.81 bits per heavy atom. The predicted molar refractivity (Wildman–Crippen MR) is 235 cm³/mol. The van der Waals surface area contributed by atoms with Crippen molar-refractivity contribution in [3.05, 3.63) is 217 Å². The third kappa shape index (κ3) is 4.64. The van der Waals surface area contributed by atoms with Crippen molar-refractivity contribution >= 4 is 53.3 Å². The number of aromatic nitrogens is 4. The van der Waals surface area contributed by atoms with Gasteiger partial charge in [-0.1, -0.05) is 152 Å². The molecule has 1 aliphatic carbocycles. The zero-order valence-corrected chi connectivity index (χ0v) is 31.5. The van der Waals surface area contributed by atoms with Gasteiger partial charge in [0.25, 0.3) is 0 Å². The van der Waals surface area contributed by atoms with Crippen molar-refractivity contribution in [3.63, 3.8) is 0 Å². The number of hydrogen-bond acceptors (Lipinski definition) is 4. The molecule has 4 nitrogen and oxygen atoms in total. The molecule has 12 rings (SSSR count). The Hall–Kier alpha value is -7.21. The highest BCUT2D eigenvalue weighted by Crippen LogP contribution is 2.56. The van der Waals surface area contributed by atoms with Gasteiger partial charge in [0, 0.05) is 47.8 Å². The maximum Gasteiger partial charge on any atom is 0.165 e. The first-order chi connectivity index (χ1) is 28.3. The lowest BCUT2D eigenvalue weighted by molar-refractivity contribution is 0.693. The standard InChI is InChI=1S/C52H32N4S/c1-3-16-33(17-4-1)49-53-50(41-25-15-24-40-39-23-10-14-29-47(39)57-48(40)41)55-51(54-49)52(43-26-11-7-20-36(43)37-21-8-12-27-44(37)52)34-30-31-46-42(32-34)38-22-9-13-28-45(38)56(46)35-18-5-2-6-19-35/h1-32H. The molecule has 0 amide bonds. The third-order valence-electron chi connectivity index (χ3n) is 11.7. The van der Waals surface area contributed by atoms with Crippen LogP contribution in [-0.4, -0.2) is 19.5 Å². The maximum absolute atomic E-state index is 5.65. The second-order valence-electron chi connectivity index (χ2n) is 14.7. The molecule has 3 heterocycles. The van der Waals surface area contributed by atoms with Crippen LogP contribution in [0.15, 0.2) is 194 Å². The average molecular weight is 745 g/mol. The number of thiophene rings is 1. The fourth-order valence-electron chi connectivity index (χ4n) is 9.28. The summed E-state index contributed by atoms with van der Waals surface area (Å²) >= 11 is 1.80. The lowest BCUT2D eigenvalue weighted by Crippen LogP contribution is -2.31.